The van der Waals surface area contributed by atoms with Gasteiger partial charge in [-0.1, -0.05) is 5.16 Å². The first-order chi connectivity index (χ1) is 20.1. The van der Waals surface area contributed by atoms with Crippen LogP contribution in [0.15, 0.2) is 29.7 Å². The third-order valence-corrected chi connectivity index (χ3v) is 8.23. The van der Waals surface area contributed by atoms with Crippen molar-refractivity contribution in [2.24, 2.45) is 12.2 Å². The zero-order valence-corrected chi connectivity index (χ0v) is 25.1. The first-order valence-electron chi connectivity index (χ1n) is 14.6. The van der Waals surface area contributed by atoms with Crippen LogP contribution in [-0.4, -0.2) is 87.5 Å². The molecule has 5 heterocycles. The number of nitrogens with zero attached hydrogens (tertiary/aromatic N) is 8. The lowest BCUT2D eigenvalue weighted by Crippen LogP contribution is -2.41. The molecule has 12 nitrogen and oxygen atoms in total. The minimum absolute atomic E-state index is 0.256. The van der Waals surface area contributed by atoms with Gasteiger partial charge in [0.1, 0.15) is 5.60 Å². The number of aryl methyl sites for hydroxylation is 1. The van der Waals surface area contributed by atoms with Crippen LogP contribution < -0.4 is 9.80 Å². The third kappa shape index (κ3) is 5.31. The third-order valence-electron chi connectivity index (χ3n) is 8.23. The maximum Gasteiger partial charge on any atom is 0.410 e. The van der Waals surface area contributed by atoms with Crippen molar-refractivity contribution in [3.8, 4) is 11.1 Å². The number of fused-ring (bicyclic) bond motifs is 2. The molecule has 224 valence electrons. The number of likely N-dealkylation sites (N-methyl/N-ethyl adjacent to an activating group) is 1. The molecule has 1 saturated heterocycles. The molecule has 12 heteroatoms. The number of rotatable bonds is 4. The maximum atomic E-state index is 13.1. The number of benzene rings is 1. The Morgan fingerprint density at radius 3 is 2.62 bits per heavy atom. The molecule has 1 fully saturated rings. The second-order valence-electron chi connectivity index (χ2n) is 12.3. The molecular weight excluding hydrogens is 536 g/mol. The summed E-state index contributed by atoms with van der Waals surface area (Å²) in [6.45, 7) is 9.64. The topological polar surface area (TPSA) is 113 Å². The van der Waals surface area contributed by atoms with Crippen molar-refractivity contribution < 1.29 is 19.5 Å². The second-order valence-corrected chi connectivity index (χ2v) is 12.3. The van der Waals surface area contributed by atoms with Crippen LogP contribution >= 0.6 is 0 Å². The Bertz CT molecular complexity index is 1500. The van der Waals surface area contributed by atoms with E-state index in [1.165, 1.54) is 11.9 Å². The molecule has 3 aliphatic rings. The lowest BCUT2D eigenvalue weighted by molar-refractivity contribution is 0.0221. The van der Waals surface area contributed by atoms with Crippen molar-refractivity contribution in [3.05, 3.63) is 41.3 Å². The van der Waals surface area contributed by atoms with Crippen molar-refractivity contribution in [1.82, 2.24) is 24.5 Å². The van der Waals surface area contributed by atoms with Gasteiger partial charge >= 0.3 is 6.09 Å². The summed E-state index contributed by atoms with van der Waals surface area (Å²) in [7, 11) is 3.97. The summed E-state index contributed by atoms with van der Waals surface area (Å²) in [4.78, 5) is 19.4. The maximum absolute atomic E-state index is 13.1. The highest BCUT2D eigenvalue weighted by Crippen LogP contribution is 2.44. The van der Waals surface area contributed by atoms with Crippen molar-refractivity contribution in [3.63, 3.8) is 0 Å². The van der Waals surface area contributed by atoms with E-state index >= 15 is 0 Å². The zero-order chi connectivity index (χ0) is 29.6. The molecule has 0 unspecified atom stereocenters. The van der Waals surface area contributed by atoms with E-state index < -0.39 is 5.60 Å². The van der Waals surface area contributed by atoms with Crippen LogP contribution in [0, 0.1) is 0 Å². The Balaban J connectivity index is 1.45. The Kier molecular flexibility index (Phi) is 7.34. The summed E-state index contributed by atoms with van der Waals surface area (Å²) in [5.74, 6) is 0.861. The Morgan fingerprint density at radius 1 is 1.14 bits per heavy atom. The standard InChI is InChI=1S/C30H40N8O4/c1-30(2,3)42-29(39)36-9-6-25-24(19-36)28(33-38(25)22-7-12-41-13-8-22)37-11-10-34(4)26-15-23(21-16-31-35(5)18-21)20(17-32-40)14-27(26)37/h14-18,22,40H,6-13,19H2,1-5H3. The predicted octanol–water partition coefficient (Wildman–Crippen LogP) is 4.32. The molecule has 6 rings (SSSR count). The van der Waals surface area contributed by atoms with Crippen LogP contribution in [-0.2, 0) is 29.5 Å². The molecule has 3 aromatic rings. The molecule has 0 saturated carbocycles. The largest absolute Gasteiger partial charge is 0.444 e. The molecule has 1 N–H and O–H groups in total. The van der Waals surface area contributed by atoms with Crippen molar-refractivity contribution in [1.29, 1.82) is 0 Å². The quantitative estimate of drug-likeness (QED) is 0.278. The number of anilines is 3. The molecule has 42 heavy (non-hydrogen) atoms. The van der Waals surface area contributed by atoms with Crippen LogP contribution in [0.5, 0.6) is 0 Å². The van der Waals surface area contributed by atoms with E-state index in [-0.39, 0.29) is 12.1 Å². The number of carbonyl (C=O) groups excluding carboxylic acids is 1. The molecule has 3 aliphatic heterocycles. The van der Waals surface area contributed by atoms with Crippen molar-refractivity contribution in [2.45, 2.75) is 58.2 Å². The van der Waals surface area contributed by atoms with Crippen molar-refractivity contribution >= 4 is 29.5 Å². The molecule has 0 atom stereocenters. The number of amides is 1. The van der Waals surface area contributed by atoms with Crippen LogP contribution in [0.4, 0.5) is 22.0 Å². The van der Waals surface area contributed by atoms with E-state index in [9.17, 15) is 10.0 Å². The van der Waals surface area contributed by atoms with Crippen LogP contribution in [0.2, 0.25) is 0 Å². The predicted molar refractivity (Wildman–Crippen MR) is 160 cm³/mol. The smallest absolute Gasteiger partial charge is 0.410 e. The lowest BCUT2D eigenvalue weighted by Gasteiger charge is -2.37. The van der Waals surface area contributed by atoms with E-state index in [1.54, 1.807) is 9.58 Å². The van der Waals surface area contributed by atoms with Gasteiger partial charge in [-0.25, -0.2) is 4.79 Å². The van der Waals surface area contributed by atoms with E-state index in [0.29, 0.717) is 19.5 Å². The Labute approximate surface area is 246 Å². The molecule has 0 bridgehead atoms. The van der Waals surface area contributed by atoms with Crippen LogP contribution in [0.25, 0.3) is 11.1 Å². The highest BCUT2D eigenvalue weighted by atomic mass is 16.6. The summed E-state index contributed by atoms with van der Waals surface area (Å²) in [5.41, 5.74) is 6.33. The molecular formula is C30H40N8O4. The van der Waals surface area contributed by atoms with E-state index in [1.807, 2.05) is 40.2 Å². The molecule has 2 aromatic heterocycles. The molecule has 0 aliphatic carbocycles. The van der Waals surface area contributed by atoms with E-state index in [4.69, 9.17) is 14.6 Å². The highest BCUT2D eigenvalue weighted by molar-refractivity contribution is 5.96. The summed E-state index contributed by atoms with van der Waals surface area (Å²) >= 11 is 0. The molecule has 0 radical (unpaired) electrons. The summed E-state index contributed by atoms with van der Waals surface area (Å²) in [6.07, 6.45) is 7.46. The van der Waals surface area contributed by atoms with Gasteiger partial charge < -0.3 is 29.4 Å². The van der Waals surface area contributed by atoms with Gasteiger partial charge in [-0.2, -0.15) is 10.2 Å². The normalized spacial score (nSPS) is 18.0. The number of ether oxygens (including phenoxy) is 2. The van der Waals surface area contributed by atoms with Gasteiger partial charge in [-0.05, 0) is 51.3 Å². The molecule has 0 spiro atoms. The molecule has 1 amide bonds. The van der Waals surface area contributed by atoms with E-state index in [2.05, 4.69) is 43.9 Å². The van der Waals surface area contributed by atoms with Crippen LogP contribution in [0.3, 0.4) is 0 Å². The average Bonchev–Trinajstić information content (AvgIpc) is 3.56. The fraction of sp³-hybridized carbons (Fsp3) is 0.533. The number of hydrogen-bond donors (Lipinski definition) is 1. The SMILES string of the molecule is CN1CCN(c2nn(C3CCOCC3)c3c2CN(C(=O)OC(C)(C)C)CC3)c2cc(C=NO)c(-c3cnn(C)c3)cc21. The number of oxime groups is 1. The Morgan fingerprint density at radius 2 is 1.93 bits per heavy atom. The van der Waals surface area contributed by atoms with Gasteiger partial charge in [0.05, 0.1) is 36.4 Å². The Hall–Kier alpha value is -4.06. The number of hydrogen-bond acceptors (Lipinski definition) is 9. The fourth-order valence-corrected chi connectivity index (χ4v) is 6.16. The van der Waals surface area contributed by atoms with Gasteiger partial charge in [0.25, 0.3) is 0 Å². The summed E-state index contributed by atoms with van der Waals surface area (Å²) < 4.78 is 15.4. The van der Waals surface area contributed by atoms with Gasteiger partial charge in [-0.15, -0.1) is 0 Å². The number of carbonyl (C=O) groups is 1. The minimum Gasteiger partial charge on any atom is -0.444 e. The lowest BCUT2D eigenvalue weighted by atomic mass is 9.98. The monoisotopic (exact) mass is 576 g/mol. The first kappa shape index (κ1) is 28.1. The fourth-order valence-electron chi connectivity index (χ4n) is 6.16. The molecule has 1 aromatic carbocycles. The van der Waals surface area contributed by atoms with Gasteiger partial charge in [0, 0.05) is 81.9 Å². The summed E-state index contributed by atoms with van der Waals surface area (Å²) in [6, 6.07) is 4.44. The minimum atomic E-state index is -0.570. The second kappa shape index (κ2) is 11.0. The van der Waals surface area contributed by atoms with Crippen LogP contribution in [0.1, 0.15) is 56.5 Å². The van der Waals surface area contributed by atoms with Gasteiger partial charge in [0.2, 0.25) is 0 Å². The summed E-state index contributed by atoms with van der Waals surface area (Å²) in [5, 5.41) is 22.6. The van der Waals surface area contributed by atoms with Gasteiger partial charge in [0.15, 0.2) is 5.82 Å². The van der Waals surface area contributed by atoms with E-state index in [0.717, 1.165) is 78.6 Å². The first-order valence-corrected chi connectivity index (χ1v) is 14.6. The highest BCUT2D eigenvalue weighted by Gasteiger charge is 2.36. The zero-order valence-electron chi connectivity index (χ0n) is 25.1. The van der Waals surface area contributed by atoms with Gasteiger partial charge in [-0.3, -0.25) is 9.36 Å². The van der Waals surface area contributed by atoms with Crippen molar-refractivity contribution in [2.75, 3.05) is 49.7 Å². The number of aromatic nitrogens is 4. The average molecular weight is 577 g/mol.